The molecule has 0 radical (unpaired) electrons. The van der Waals surface area contributed by atoms with Gasteiger partial charge in [-0.05, 0) is 50.7 Å². The summed E-state index contributed by atoms with van der Waals surface area (Å²) in [6.45, 7) is 10.0. The van der Waals surface area contributed by atoms with E-state index in [2.05, 4.69) is 42.4 Å². The Labute approximate surface area is 217 Å². The summed E-state index contributed by atoms with van der Waals surface area (Å²) in [6, 6.07) is 17.0. The monoisotopic (exact) mass is 510 g/mol. The minimum absolute atomic E-state index is 0.138. The predicted molar refractivity (Wildman–Crippen MR) is 144 cm³/mol. The number of nitrogens with zero attached hydrogens (tertiary/aromatic N) is 2. The fourth-order valence-corrected chi connectivity index (χ4v) is 5.78. The summed E-state index contributed by atoms with van der Waals surface area (Å²) < 4.78 is 5.40. The third-order valence-electron chi connectivity index (χ3n) is 6.08. The van der Waals surface area contributed by atoms with Crippen LogP contribution in [0, 0.1) is 11.3 Å². The average molecular weight is 511 g/mol. The van der Waals surface area contributed by atoms with Crippen molar-refractivity contribution in [3.05, 3.63) is 81.0 Å². The highest BCUT2D eigenvalue weighted by atomic mass is 35.5. The van der Waals surface area contributed by atoms with E-state index < -0.39 is 5.92 Å². The topological polar surface area (TPSA) is 77.4 Å². The molecule has 2 aromatic rings. The van der Waals surface area contributed by atoms with Crippen LogP contribution in [0.2, 0.25) is 5.02 Å². The Hall–Kier alpha value is -2.92. The molecule has 0 saturated heterocycles. The van der Waals surface area contributed by atoms with Crippen LogP contribution in [0.5, 0.6) is 5.75 Å². The van der Waals surface area contributed by atoms with Crippen LogP contribution >= 0.6 is 23.4 Å². The lowest BCUT2D eigenvalue weighted by Crippen LogP contribution is -2.34. The number of nitrogens with one attached hydrogen (secondary N) is 2. The van der Waals surface area contributed by atoms with Crippen molar-refractivity contribution in [2.75, 3.05) is 25.5 Å². The number of para-hydroxylation sites is 2. The SMILES string of the molecule is CCN(CC)C(C)SC1=C(C#N)C(c2ccccc2Cl)C(C(=O)Nc2ccccc2OC)=C(C)N1. The van der Waals surface area contributed by atoms with Gasteiger partial charge in [-0.25, -0.2) is 0 Å². The van der Waals surface area contributed by atoms with Crippen molar-refractivity contribution in [3.63, 3.8) is 0 Å². The number of carbonyl (C=O) groups excluding carboxylic acids is 1. The van der Waals surface area contributed by atoms with E-state index in [1.807, 2.05) is 37.3 Å². The Morgan fingerprint density at radius 3 is 2.51 bits per heavy atom. The number of ether oxygens (including phenoxy) is 1. The Morgan fingerprint density at radius 2 is 1.89 bits per heavy atom. The maximum Gasteiger partial charge on any atom is 0.254 e. The van der Waals surface area contributed by atoms with Gasteiger partial charge in [-0.1, -0.05) is 67.5 Å². The predicted octanol–water partition coefficient (Wildman–Crippen LogP) is 6.10. The van der Waals surface area contributed by atoms with Gasteiger partial charge in [0, 0.05) is 16.3 Å². The number of hydrogen-bond acceptors (Lipinski definition) is 6. The van der Waals surface area contributed by atoms with Crippen LogP contribution in [0.4, 0.5) is 5.69 Å². The van der Waals surface area contributed by atoms with Crippen LogP contribution in [-0.4, -0.2) is 36.4 Å². The maximum absolute atomic E-state index is 13.7. The van der Waals surface area contributed by atoms with Gasteiger partial charge in [0.1, 0.15) is 5.75 Å². The van der Waals surface area contributed by atoms with E-state index in [9.17, 15) is 10.1 Å². The Balaban J connectivity index is 2.09. The maximum atomic E-state index is 13.7. The molecule has 6 nitrogen and oxygen atoms in total. The molecule has 0 spiro atoms. The minimum Gasteiger partial charge on any atom is -0.495 e. The Bertz CT molecular complexity index is 1180. The molecule has 0 aliphatic carbocycles. The number of nitriles is 1. The molecule has 0 bridgehead atoms. The summed E-state index contributed by atoms with van der Waals surface area (Å²) in [4.78, 5) is 16.0. The number of carbonyl (C=O) groups is 1. The first-order valence-corrected chi connectivity index (χ1v) is 12.8. The third-order valence-corrected chi connectivity index (χ3v) is 7.62. The van der Waals surface area contributed by atoms with Crippen LogP contribution in [0.25, 0.3) is 0 Å². The third kappa shape index (κ3) is 5.84. The second-order valence-electron chi connectivity index (χ2n) is 8.07. The van der Waals surface area contributed by atoms with Gasteiger partial charge in [-0.2, -0.15) is 5.26 Å². The Kier molecular flexibility index (Phi) is 9.27. The molecule has 1 aliphatic heterocycles. The quantitative estimate of drug-likeness (QED) is 0.397. The molecule has 2 N–H and O–H groups in total. The molecule has 8 heteroatoms. The van der Waals surface area contributed by atoms with Gasteiger partial charge in [0.2, 0.25) is 0 Å². The smallest absolute Gasteiger partial charge is 0.254 e. The molecular weight excluding hydrogens is 480 g/mol. The molecular formula is C27H31ClN4O2S. The zero-order valence-corrected chi connectivity index (χ0v) is 22.3. The number of thioether (sulfide) groups is 1. The van der Waals surface area contributed by atoms with Crippen LogP contribution in [0.15, 0.2) is 70.4 Å². The highest BCUT2D eigenvalue weighted by Gasteiger charge is 2.36. The molecule has 3 rings (SSSR count). The zero-order valence-electron chi connectivity index (χ0n) is 20.7. The van der Waals surface area contributed by atoms with Crippen molar-refractivity contribution in [2.45, 2.75) is 39.0 Å². The van der Waals surface area contributed by atoms with E-state index in [-0.39, 0.29) is 11.3 Å². The van der Waals surface area contributed by atoms with E-state index in [1.54, 1.807) is 37.1 Å². The second-order valence-corrected chi connectivity index (χ2v) is 9.80. The average Bonchev–Trinajstić information content (AvgIpc) is 2.85. The fraction of sp³-hybridized carbons (Fsp3) is 0.333. The molecule has 35 heavy (non-hydrogen) atoms. The van der Waals surface area contributed by atoms with Crippen LogP contribution in [0.3, 0.4) is 0 Å². The van der Waals surface area contributed by atoms with Crippen molar-refractivity contribution in [1.29, 1.82) is 5.26 Å². The number of anilines is 1. The molecule has 2 unspecified atom stereocenters. The lowest BCUT2D eigenvalue weighted by Gasteiger charge is -2.33. The molecule has 2 atom stereocenters. The molecule has 1 amide bonds. The molecule has 2 aromatic carbocycles. The summed E-state index contributed by atoms with van der Waals surface area (Å²) >= 11 is 8.20. The lowest BCUT2D eigenvalue weighted by atomic mass is 9.82. The summed E-state index contributed by atoms with van der Waals surface area (Å²) in [5.41, 5.74) is 2.86. The number of benzene rings is 2. The van der Waals surface area contributed by atoms with E-state index in [0.717, 1.165) is 18.1 Å². The highest BCUT2D eigenvalue weighted by Crippen LogP contribution is 2.44. The summed E-state index contributed by atoms with van der Waals surface area (Å²) in [6.07, 6.45) is 0. The van der Waals surface area contributed by atoms with E-state index in [0.29, 0.717) is 38.9 Å². The van der Waals surface area contributed by atoms with Crippen LogP contribution < -0.4 is 15.4 Å². The molecule has 0 saturated carbocycles. The molecule has 1 aliphatic rings. The van der Waals surface area contributed by atoms with Gasteiger partial charge in [-0.3, -0.25) is 9.69 Å². The summed E-state index contributed by atoms with van der Waals surface area (Å²) in [5.74, 6) is -0.383. The van der Waals surface area contributed by atoms with E-state index in [4.69, 9.17) is 16.3 Å². The van der Waals surface area contributed by atoms with Gasteiger partial charge >= 0.3 is 0 Å². The standard InChI is InChI=1S/C27H31ClN4O2S/c1-6-32(7-2)18(4)35-27-20(16-29)25(19-12-8-9-13-21(19)28)24(17(3)30-27)26(33)31-22-14-10-11-15-23(22)34-5/h8-15,18,25,30H,6-7H2,1-5H3,(H,31,33). The highest BCUT2D eigenvalue weighted by molar-refractivity contribution is 8.03. The summed E-state index contributed by atoms with van der Waals surface area (Å²) in [7, 11) is 1.56. The van der Waals surface area contributed by atoms with Crippen molar-refractivity contribution in [1.82, 2.24) is 10.2 Å². The molecule has 0 aromatic heterocycles. The largest absolute Gasteiger partial charge is 0.495 e. The van der Waals surface area contributed by atoms with Crippen LogP contribution in [0.1, 0.15) is 39.2 Å². The van der Waals surface area contributed by atoms with Crippen molar-refractivity contribution in [3.8, 4) is 11.8 Å². The number of amides is 1. The number of methoxy groups -OCH3 is 1. The lowest BCUT2D eigenvalue weighted by molar-refractivity contribution is -0.113. The number of dihydropyridines is 1. The van der Waals surface area contributed by atoms with Crippen LogP contribution in [-0.2, 0) is 4.79 Å². The number of halogens is 1. The minimum atomic E-state index is -0.615. The molecule has 1 heterocycles. The second kappa shape index (κ2) is 12.2. The first-order chi connectivity index (χ1) is 16.9. The van der Waals surface area contributed by atoms with Crippen molar-refractivity contribution < 1.29 is 9.53 Å². The first-order valence-electron chi connectivity index (χ1n) is 11.6. The van der Waals surface area contributed by atoms with Gasteiger partial charge in [0.05, 0.1) is 40.8 Å². The molecule has 0 fully saturated rings. The van der Waals surface area contributed by atoms with E-state index in [1.165, 1.54) is 0 Å². The van der Waals surface area contributed by atoms with Gasteiger partial charge in [0.25, 0.3) is 5.91 Å². The Morgan fingerprint density at radius 1 is 1.23 bits per heavy atom. The van der Waals surface area contributed by atoms with Crippen molar-refractivity contribution >= 4 is 35.0 Å². The van der Waals surface area contributed by atoms with Crippen molar-refractivity contribution in [2.24, 2.45) is 0 Å². The fourth-order valence-electron chi connectivity index (χ4n) is 4.25. The first kappa shape index (κ1) is 26.7. The van der Waals surface area contributed by atoms with E-state index >= 15 is 0 Å². The molecule has 184 valence electrons. The number of hydrogen-bond donors (Lipinski definition) is 2. The number of allylic oxidation sites excluding steroid dienone is 2. The normalized spacial score (nSPS) is 16.6. The number of rotatable bonds is 9. The van der Waals surface area contributed by atoms with Gasteiger partial charge in [-0.15, -0.1) is 0 Å². The zero-order chi connectivity index (χ0) is 25.5. The summed E-state index contributed by atoms with van der Waals surface area (Å²) in [5, 5.41) is 18.0. The van der Waals surface area contributed by atoms with Gasteiger partial charge in [0.15, 0.2) is 0 Å². The van der Waals surface area contributed by atoms with Gasteiger partial charge < -0.3 is 15.4 Å².